The minimum absolute atomic E-state index is 0.277. The SMILES string of the molecule is COc1c(Cl)cc(Cl)cc1C=CC(=O)Nc1cccc(Cl)c1Cl. The van der Waals surface area contributed by atoms with Crippen LogP contribution in [0.1, 0.15) is 5.56 Å². The molecule has 2 aromatic rings. The van der Waals surface area contributed by atoms with Crippen molar-refractivity contribution in [2.75, 3.05) is 12.4 Å². The van der Waals surface area contributed by atoms with Crippen molar-refractivity contribution >= 4 is 64.1 Å². The average molecular weight is 391 g/mol. The first-order chi connectivity index (χ1) is 10.9. The van der Waals surface area contributed by atoms with Crippen LogP contribution in [-0.4, -0.2) is 13.0 Å². The maximum Gasteiger partial charge on any atom is 0.248 e. The largest absolute Gasteiger partial charge is 0.495 e. The van der Waals surface area contributed by atoms with Crippen LogP contribution in [0.15, 0.2) is 36.4 Å². The molecule has 1 N–H and O–H groups in total. The van der Waals surface area contributed by atoms with Crippen LogP contribution in [0.25, 0.3) is 6.08 Å². The molecule has 120 valence electrons. The molecule has 0 unspecified atom stereocenters. The lowest BCUT2D eigenvalue weighted by molar-refractivity contribution is -0.111. The highest BCUT2D eigenvalue weighted by Crippen LogP contribution is 2.33. The van der Waals surface area contributed by atoms with E-state index in [9.17, 15) is 4.79 Å². The van der Waals surface area contributed by atoms with Gasteiger partial charge in [-0.3, -0.25) is 4.79 Å². The molecule has 3 nitrogen and oxygen atoms in total. The Hall–Kier alpha value is -1.39. The van der Waals surface area contributed by atoms with Crippen molar-refractivity contribution in [3.63, 3.8) is 0 Å². The number of anilines is 1. The van der Waals surface area contributed by atoms with E-state index in [2.05, 4.69) is 5.32 Å². The van der Waals surface area contributed by atoms with Crippen LogP contribution in [-0.2, 0) is 4.79 Å². The predicted octanol–water partition coefficient (Wildman–Crippen LogP) is 5.96. The van der Waals surface area contributed by atoms with E-state index in [4.69, 9.17) is 51.1 Å². The highest BCUT2D eigenvalue weighted by molar-refractivity contribution is 6.44. The molecule has 2 rings (SSSR count). The van der Waals surface area contributed by atoms with Gasteiger partial charge in [-0.15, -0.1) is 0 Å². The maximum absolute atomic E-state index is 12.0. The lowest BCUT2D eigenvalue weighted by atomic mass is 10.2. The molecule has 0 heterocycles. The van der Waals surface area contributed by atoms with E-state index in [0.29, 0.717) is 32.1 Å². The van der Waals surface area contributed by atoms with Crippen LogP contribution in [0.2, 0.25) is 20.1 Å². The molecule has 0 fully saturated rings. The van der Waals surface area contributed by atoms with Gasteiger partial charge in [0.05, 0.1) is 27.9 Å². The second-order valence-electron chi connectivity index (χ2n) is 4.43. The number of carbonyl (C=O) groups excluding carboxylic acids is 1. The summed E-state index contributed by atoms with van der Waals surface area (Å²) in [5.41, 5.74) is 1.00. The second kappa shape index (κ2) is 7.93. The van der Waals surface area contributed by atoms with Gasteiger partial charge < -0.3 is 10.1 Å². The van der Waals surface area contributed by atoms with Gasteiger partial charge in [0, 0.05) is 16.7 Å². The Morgan fingerprint density at radius 2 is 1.87 bits per heavy atom. The molecular weight excluding hydrogens is 380 g/mol. The fourth-order valence-corrected chi connectivity index (χ4v) is 2.79. The lowest BCUT2D eigenvalue weighted by Crippen LogP contribution is -2.08. The summed E-state index contributed by atoms with van der Waals surface area (Å²) in [4.78, 5) is 12.0. The van der Waals surface area contributed by atoms with E-state index in [-0.39, 0.29) is 10.9 Å². The van der Waals surface area contributed by atoms with Gasteiger partial charge in [-0.25, -0.2) is 0 Å². The summed E-state index contributed by atoms with van der Waals surface area (Å²) >= 11 is 23.9. The Morgan fingerprint density at radius 1 is 1.13 bits per heavy atom. The van der Waals surface area contributed by atoms with Gasteiger partial charge in [0.15, 0.2) is 0 Å². The number of benzene rings is 2. The van der Waals surface area contributed by atoms with Gasteiger partial charge in [0.2, 0.25) is 5.91 Å². The first-order valence-electron chi connectivity index (χ1n) is 6.38. The highest BCUT2D eigenvalue weighted by Gasteiger charge is 2.09. The maximum atomic E-state index is 12.0. The van der Waals surface area contributed by atoms with Gasteiger partial charge in [-0.05, 0) is 30.3 Å². The molecule has 0 aliphatic carbocycles. The number of nitrogens with one attached hydrogen (secondary N) is 1. The Bertz CT molecular complexity index is 775. The zero-order valence-electron chi connectivity index (χ0n) is 11.9. The van der Waals surface area contributed by atoms with E-state index >= 15 is 0 Å². The van der Waals surface area contributed by atoms with Gasteiger partial charge in [0.1, 0.15) is 5.75 Å². The molecule has 0 bridgehead atoms. The summed E-state index contributed by atoms with van der Waals surface area (Å²) in [7, 11) is 1.48. The molecule has 2 aromatic carbocycles. The van der Waals surface area contributed by atoms with E-state index in [0.717, 1.165) is 0 Å². The number of hydrogen-bond acceptors (Lipinski definition) is 2. The number of amides is 1. The zero-order valence-corrected chi connectivity index (χ0v) is 14.9. The molecule has 0 spiro atoms. The van der Waals surface area contributed by atoms with Crippen molar-refractivity contribution in [2.45, 2.75) is 0 Å². The van der Waals surface area contributed by atoms with Crippen molar-refractivity contribution in [3.8, 4) is 5.75 Å². The van der Waals surface area contributed by atoms with Gasteiger partial charge in [-0.1, -0.05) is 52.5 Å². The number of ether oxygens (including phenoxy) is 1. The third kappa shape index (κ3) is 4.55. The fraction of sp³-hybridized carbons (Fsp3) is 0.0625. The summed E-state index contributed by atoms with van der Waals surface area (Å²) in [6, 6.07) is 8.17. The Kier molecular flexibility index (Phi) is 6.19. The van der Waals surface area contributed by atoms with Crippen LogP contribution < -0.4 is 10.1 Å². The summed E-state index contributed by atoms with van der Waals surface area (Å²) in [5.74, 6) is 0.0493. The summed E-state index contributed by atoms with van der Waals surface area (Å²) in [6.07, 6.45) is 2.87. The number of carbonyl (C=O) groups is 1. The molecule has 0 aliphatic rings. The van der Waals surface area contributed by atoms with Crippen molar-refractivity contribution in [1.82, 2.24) is 0 Å². The molecule has 0 saturated heterocycles. The third-order valence-electron chi connectivity index (χ3n) is 2.86. The Morgan fingerprint density at radius 3 is 2.57 bits per heavy atom. The lowest BCUT2D eigenvalue weighted by Gasteiger charge is -2.08. The minimum Gasteiger partial charge on any atom is -0.495 e. The molecule has 0 atom stereocenters. The minimum atomic E-state index is -0.382. The standard InChI is InChI=1S/C16H11Cl4NO2/c1-23-16-9(7-10(17)8-12(16)19)5-6-14(22)21-13-4-2-3-11(18)15(13)20/h2-8H,1H3,(H,21,22). The molecule has 23 heavy (non-hydrogen) atoms. The van der Waals surface area contributed by atoms with Crippen molar-refractivity contribution < 1.29 is 9.53 Å². The van der Waals surface area contributed by atoms with Crippen molar-refractivity contribution in [1.29, 1.82) is 0 Å². The molecule has 0 aromatic heterocycles. The first-order valence-corrected chi connectivity index (χ1v) is 7.89. The normalized spacial score (nSPS) is 10.8. The summed E-state index contributed by atoms with van der Waals surface area (Å²) in [6.45, 7) is 0. The summed E-state index contributed by atoms with van der Waals surface area (Å²) < 4.78 is 5.20. The number of halogens is 4. The number of methoxy groups -OCH3 is 1. The van der Waals surface area contributed by atoms with E-state index in [1.54, 1.807) is 36.4 Å². The number of hydrogen-bond donors (Lipinski definition) is 1. The van der Waals surface area contributed by atoms with E-state index in [1.165, 1.54) is 13.2 Å². The van der Waals surface area contributed by atoms with Crippen LogP contribution in [0.3, 0.4) is 0 Å². The van der Waals surface area contributed by atoms with Crippen LogP contribution in [0, 0.1) is 0 Å². The van der Waals surface area contributed by atoms with E-state index < -0.39 is 0 Å². The fourth-order valence-electron chi connectivity index (χ4n) is 1.86. The average Bonchev–Trinajstić information content (AvgIpc) is 2.49. The van der Waals surface area contributed by atoms with Gasteiger partial charge in [-0.2, -0.15) is 0 Å². The third-order valence-corrected chi connectivity index (χ3v) is 4.18. The zero-order chi connectivity index (χ0) is 17.0. The topological polar surface area (TPSA) is 38.3 Å². The van der Waals surface area contributed by atoms with E-state index in [1.807, 2.05) is 0 Å². The van der Waals surface area contributed by atoms with Gasteiger partial charge in [0.25, 0.3) is 0 Å². The highest BCUT2D eigenvalue weighted by atomic mass is 35.5. The summed E-state index contributed by atoms with van der Waals surface area (Å²) in [5, 5.41) is 4.07. The van der Waals surface area contributed by atoms with Crippen molar-refractivity contribution in [2.24, 2.45) is 0 Å². The molecule has 1 amide bonds. The van der Waals surface area contributed by atoms with Gasteiger partial charge >= 0.3 is 0 Å². The van der Waals surface area contributed by atoms with Crippen LogP contribution >= 0.6 is 46.4 Å². The van der Waals surface area contributed by atoms with Crippen molar-refractivity contribution in [3.05, 3.63) is 62.1 Å². The quantitative estimate of drug-likeness (QED) is 0.654. The molecule has 0 saturated carbocycles. The van der Waals surface area contributed by atoms with Crippen LogP contribution in [0.5, 0.6) is 5.75 Å². The molecule has 0 radical (unpaired) electrons. The smallest absolute Gasteiger partial charge is 0.248 e. The predicted molar refractivity (Wildman–Crippen MR) is 97.1 cm³/mol. The molecular formula is C16H11Cl4NO2. The second-order valence-corrected chi connectivity index (χ2v) is 6.06. The first kappa shape index (κ1) is 18.0. The Labute approximate surface area is 153 Å². The Balaban J connectivity index is 2.20. The molecule has 7 heteroatoms. The number of rotatable bonds is 4. The monoisotopic (exact) mass is 389 g/mol. The van der Waals surface area contributed by atoms with Crippen LogP contribution in [0.4, 0.5) is 5.69 Å². The molecule has 0 aliphatic heterocycles.